The SMILES string of the molecule is O=C(CN1CCOC1=O)N1CCC2(CC1)Cc1cn(nn1)CCCOc1ccc(cc1)CCNC2=O. The first-order chi connectivity index (χ1) is 17.5. The number of fused-ring (bicyclic) bond motifs is 8. The van der Waals surface area contributed by atoms with Gasteiger partial charge in [-0.25, -0.2) is 4.79 Å². The van der Waals surface area contributed by atoms with E-state index in [1.165, 1.54) is 4.90 Å². The number of ether oxygens (including phenoxy) is 2. The molecule has 2 fully saturated rings. The van der Waals surface area contributed by atoms with Crippen molar-refractivity contribution in [3.8, 4) is 5.75 Å². The molecule has 4 aliphatic heterocycles. The molecule has 1 aromatic heterocycles. The van der Waals surface area contributed by atoms with Gasteiger partial charge in [0.05, 0.1) is 24.3 Å². The van der Waals surface area contributed by atoms with E-state index in [0.29, 0.717) is 65.2 Å². The fourth-order valence-corrected chi connectivity index (χ4v) is 5.05. The zero-order valence-corrected chi connectivity index (χ0v) is 20.4. The van der Waals surface area contributed by atoms with Crippen LogP contribution in [0.2, 0.25) is 0 Å². The van der Waals surface area contributed by atoms with Crippen molar-refractivity contribution in [1.29, 1.82) is 0 Å². The van der Waals surface area contributed by atoms with E-state index >= 15 is 0 Å². The fourth-order valence-electron chi connectivity index (χ4n) is 5.05. The van der Waals surface area contributed by atoms with Gasteiger partial charge in [0.15, 0.2) is 0 Å². The van der Waals surface area contributed by atoms with Crippen molar-refractivity contribution < 1.29 is 23.9 Å². The minimum absolute atomic E-state index is 0.00879. The van der Waals surface area contributed by atoms with Crippen molar-refractivity contribution in [2.45, 2.75) is 38.6 Å². The van der Waals surface area contributed by atoms with E-state index < -0.39 is 11.5 Å². The predicted molar refractivity (Wildman–Crippen MR) is 128 cm³/mol. The average Bonchev–Trinajstić information content (AvgIpc) is 3.50. The Hall–Kier alpha value is -3.63. The molecule has 4 aliphatic rings. The second-order valence-electron chi connectivity index (χ2n) is 9.70. The number of carbonyl (C=O) groups is 3. The predicted octanol–water partition coefficient (Wildman–Crippen LogP) is 1.02. The number of aromatic nitrogens is 3. The Morgan fingerprint density at radius 2 is 1.83 bits per heavy atom. The normalized spacial score (nSPS) is 20.6. The first-order valence-corrected chi connectivity index (χ1v) is 12.6. The molecular weight excluding hydrogens is 464 g/mol. The maximum Gasteiger partial charge on any atom is 0.410 e. The monoisotopic (exact) mass is 496 g/mol. The maximum atomic E-state index is 13.6. The fraction of sp³-hybridized carbons (Fsp3) is 0.560. The number of amides is 3. The Labute approximate surface area is 209 Å². The molecule has 1 N–H and O–H groups in total. The highest BCUT2D eigenvalue weighted by atomic mass is 16.6. The van der Waals surface area contributed by atoms with Crippen LogP contribution in [0, 0.1) is 5.41 Å². The molecular formula is C25H32N6O5. The van der Waals surface area contributed by atoms with Crippen molar-refractivity contribution in [3.63, 3.8) is 0 Å². The molecule has 0 saturated carbocycles. The summed E-state index contributed by atoms with van der Waals surface area (Å²) in [5.41, 5.74) is 1.22. The van der Waals surface area contributed by atoms with Crippen LogP contribution in [-0.2, 0) is 33.7 Å². The number of likely N-dealkylation sites (tertiary alicyclic amines) is 1. The Morgan fingerprint density at radius 1 is 1.03 bits per heavy atom. The third-order valence-corrected chi connectivity index (χ3v) is 7.25. The second kappa shape index (κ2) is 10.5. The van der Waals surface area contributed by atoms with Gasteiger partial charge in [0.25, 0.3) is 0 Å². The van der Waals surface area contributed by atoms with Crippen LogP contribution in [0.3, 0.4) is 0 Å². The van der Waals surface area contributed by atoms with Crippen LogP contribution in [0.5, 0.6) is 5.75 Å². The summed E-state index contributed by atoms with van der Waals surface area (Å²) >= 11 is 0. The van der Waals surface area contributed by atoms with Gasteiger partial charge in [-0.1, -0.05) is 17.3 Å². The van der Waals surface area contributed by atoms with Gasteiger partial charge in [0, 0.05) is 45.2 Å². The van der Waals surface area contributed by atoms with E-state index in [9.17, 15) is 14.4 Å². The molecule has 1 aromatic carbocycles. The molecule has 192 valence electrons. The molecule has 0 radical (unpaired) electrons. The van der Waals surface area contributed by atoms with E-state index in [1.54, 1.807) is 9.58 Å². The van der Waals surface area contributed by atoms with Crippen molar-refractivity contribution in [1.82, 2.24) is 30.1 Å². The Balaban J connectivity index is 1.29. The molecule has 1 spiro atoms. The highest BCUT2D eigenvalue weighted by molar-refractivity contribution is 5.85. The van der Waals surface area contributed by atoms with Crippen LogP contribution in [0.1, 0.15) is 30.5 Å². The topological polar surface area (TPSA) is 119 Å². The van der Waals surface area contributed by atoms with Crippen LogP contribution in [-0.4, -0.2) is 88.6 Å². The number of rotatable bonds is 2. The van der Waals surface area contributed by atoms with E-state index in [4.69, 9.17) is 9.47 Å². The summed E-state index contributed by atoms with van der Waals surface area (Å²) in [5.74, 6) is 0.690. The number of nitrogens with zero attached hydrogens (tertiary/aromatic N) is 5. The molecule has 11 heteroatoms. The lowest BCUT2D eigenvalue weighted by Gasteiger charge is -2.40. The molecule has 0 unspecified atom stereocenters. The van der Waals surface area contributed by atoms with E-state index in [0.717, 1.165) is 29.8 Å². The molecule has 4 bridgehead atoms. The number of hydrogen-bond acceptors (Lipinski definition) is 7. The van der Waals surface area contributed by atoms with Gasteiger partial charge in [0.2, 0.25) is 11.8 Å². The summed E-state index contributed by atoms with van der Waals surface area (Å²) in [5, 5.41) is 11.7. The van der Waals surface area contributed by atoms with Crippen LogP contribution in [0.15, 0.2) is 30.5 Å². The number of hydrogen-bond donors (Lipinski definition) is 1. The molecule has 6 rings (SSSR count). The summed E-state index contributed by atoms with van der Waals surface area (Å²) in [7, 11) is 0. The van der Waals surface area contributed by atoms with E-state index in [-0.39, 0.29) is 18.4 Å². The van der Waals surface area contributed by atoms with E-state index in [2.05, 4.69) is 15.6 Å². The maximum absolute atomic E-state index is 13.6. The molecule has 2 aromatic rings. The lowest BCUT2D eigenvalue weighted by atomic mass is 9.74. The Bertz CT molecular complexity index is 1090. The van der Waals surface area contributed by atoms with E-state index in [1.807, 2.05) is 30.5 Å². The minimum Gasteiger partial charge on any atom is -0.494 e. The van der Waals surface area contributed by atoms with Gasteiger partial charge in [-0.15, -0.1) is 5.10 Å². The number of carbonyl (C=O) groups excluding carboxylic acids is 3. The number of aryl methyl sites for hydroxylation is 1. The van der Waals surface area contributed by atoms with Gasteiger partial charge < -0.3 is 19.7 Å². The summed E-state index contributed by atoms with van der Waals surface area (Å²) in [4.78, 5) is 41.2. The van der Waals surface area contributed by atoms with Gasteiger partial charge in [-0.2, -0.15) is 0 Å². The molecule has 3 amide bonds. The minimum atomic E-state index is -0.675. The molecule has 11 nitrogen and oxygen atoms in total. The van der Waals surface area contributed by atoms with Crippen LogP contribution >= 0.6 is 0 Å². The lowest BCUT2D eigenvalue weighted by molar-refractivity contribution is -0.140. The van der Waals surface area contributed by atoms with Gasteiger partial charge in [-0.05, 0) is 37.0 Å². The second-order valence-corrected chi connectivity index (χ2v) is 9.70. The summed E-state index contributed by atoms with van der Waals surface area (Å²) in [6, 6.07) is 7.97. The smallest absolute Gasteiger partial charge is 0.410 e. The molecule has 5 heterocycles. The van der Waals surface area contributed by atoms with Crippen LogP contribution in [0.25, 0.3) is 0 Å². The molecule has 0 aliphatic carbocycles. The largest absolute Gasteiger partial charge is 0.494 e. The van der Waals surface area contributed by atoms with Gasteiger partial charge >= 0.3 is 6.09 Å². The molecule has 2 saturated heterocycles. The zero-order valence-electron chi connectivity index (χ0n) is 20.4. The van der Waals surface area contributed by atoms with Gasteiger partial charge in [0.1, 0.15) is 18.9 Å². The summed E-state index contributed by atoms with van der Waals surface area (Å²) < 4.78 is 12.5. The summed E-state index contributed by atoms with van der Waals surface area (Å²) in [6.45, 7) is 3.41. The highest BCUT2D eigenvalue weighted by Crippen LogP contribution is 2.35. The number of nitrogens with one attached hydrogen (secondary N) is 1. The molecule has 0 atom stereocenters. The first-order valence-electron chi connectivity index (χ1n) is 12.6. The summed E-state index contributed by atoms with van der Waals surface area (Å²) in [6.07, 6.45) is 4.46. The van der Waals surface area contributed by atoms with Crippen LogP contribution in [0.4, 0.5) is 4.79 Å². The Morgan fingerprint density at radius 3 is 2.58 bits per heavy atom. The standard InChI is InChI=1S/C25H32N6O5/c32-22(18-30-13-15-36-24(30)34)29-11-7-25(8-12-29)16-20-17-31(28-27-20)10-1-14-35-21-4-2-19(3-5-21)6-9-26-23(25)33/h2-5,17H,1,6-16,18H2,(H,26,33). The van der Waals surface area contributed by atoms with Crippen LogP contribution < -0.4 is 10.1 Å². The Kier molecular flexibility index (Phi) is 7.06. The lowest BCUT2D eigenvalue weighted by Crippen LogP contribution is -2.53. The van der Waals surface area contributed by atoms with Crippen molar-refractivity contribution >= 4 is 17.9 Å². The first kappa shape index (κ1) is 24.1. The highest BCUT2D eigenvalue weighted by Gasteiger charge is 2.43. The third kappa shape index (κ3) is 5.44. The number of piperidine rings is 1. The van der Waals surface area contributed by atoms with Crippen molar-refractivity contribution in [2.24, 2.45) is 5.41 Å². The number of benzene rings is 1. The number of cyclic esters (lactones) is 1. The van der Waals surface area contributed by atoms with Crippen molar-refractivity contribution in [3.05, 3.63) is 41.7 Å². The zero-order chi connectivity index (χ0) is 25.0. The average molecular weight is 497 g/mol. The quantitative estimate of drug-likeness (QED) is 0.659. The van der Waals surface area contributed by atoms with Crippen molar-refractivity contribution in [2.75, 3.05) is 45.9 Å². The third-order valence-electron chi connectivity index (χ3n) is 7.25. The van der Waals surface area contributed by atoms with Gasteiger partial charge in [-0.3, -0.25) is 19.2 Å². The molecule has 36 heavy (non-hydrogen) atoms.